The van der Waals surface area contributed by atoms with Crippen molar-refractivity contribution >= 4 is 11.3 Å². The van der Waals surface area contributed by atoms with E-state index in [1.54, 1.807) is 0 Å². The van der Waals surface area contributed by atoms with Gasteiger partial charge < -0.3 is 10.2 Å². The number of thiophene rings is 1. The van der Waals surface area contributed by atoms with Gasteiger partial charge in [0.15, 0.2) is 0 Å². The molecule has 0 bridgehead atoms. The fraction of sp³-hybridized carbons (Fsp3) is 0.692. The minimum absolute atomic E-state index is 0.525. The van der Waals surface area contributed by atoms with Gasteiger partial charge in [0.2, 0.25) is 0 Å². The zero-order chi connectivity index (χ0) is 11.5. The van der Waals surface area contributed by atoms with E-state index in [0.717, 1.165) is 0 Å². The third-order valence-electron chi connectivity index (χ3n) is 3.32. The number of hydrogen-bond donors (Lipinski definition) is 1. The second kappa shape index (κ2) is 5.30. The van der Waals surface area contributed by atoms with Crippen LogP contribution in [-0.2, 0) is 0 Å². The molecule has 2 rings (SSSR count). The van der Waals surface area contributed by atoms with E-state index in [1.165, 1.54) is 24.4 Å². The van der Waals surface area contributed by atoms with Crippen molar-refractivity contribution < 1.29 is 0 Å². The molecule has 0 saturated carbocycles. The molecule has 0 aliphatic carbocycles. The van der Waals surface area contributed by atoms with Crippen LogP contribution in [0, 0.1) is 5.92 Å². The van der Waals surface area contributed by atoms with E-state index in [2.05, 4.69) is 48.6 Å². The second-order valence-corrected chi connectivity index (χ2v) is 6.13. The molecule has 1 aromatic heterocycles. The summed E-state index contributed by atoms with van der Waals surface area (Å²) < 4.78 is 0. The van der Waals surface area contributed by atoms with Gasteiger partial charge in [-0.2, -0.15) is 0 Å². The molecule has 1 N–H and O–H groups in total. The highest BCUT2D eigenvalue weighted by atomic mass is 32.1. The molecule has 3 heteroatoms. The van der Waals surface area contributed by atoms with Gasteiger partial charge in [-0.1, -0.05) is 19.9 Å². The van der Waals surface area contributed by atoms with Crippen molar-refractivity contribution in [2.24, 2.45) is 5.92 Å². The Morgan fingerprint density at radius 1 is 1.50 bits per heavy atom. The number of hydrogen-bond acceptors (Lipinski definition) is 3. The maximum Gasteiger partial charge on any atom is 0.0440 e. The number of likely N-dealkylation sites (N-methyl/N-ethyl adjacent to an activating group) is 1. The number of nitrogens with zero attached hydrogens (tertiary/aromatic N) is 1. The summed E-state index contributed by atoms with van der Waals surface area (Å²) in [7, 11) is 2.21. The Balaban J connectivity index is 1.98. The first-order chi connectivity index (χ1) is 7.66. The van der Waals surface area contributed by atoms with Gasteiger partial charge in [-0.3, -0.25) is 0 Å². The van der Waals surface area contributed by atoms with E-state index >= 15 is 0 Å². The Morgan fingerprint density at radius 3 is 2.81 bits per heavy atom. The molecule has 90 valence electrons. The van der Waals surface area contributed by atoms with Gasteiger partial charge in [-0.25, -0.2) is 0 Å². The second-order valence-electron chi connectivity index (χ2n) is 5.15. The summed E-state index contributed by atoms with van der Waals surface area (Å²) in [5, 5.41) is 5.99. The standard InChI is InChI=1S/C13H22N2S/c1-10(2)13(12-5-4-8-16-12)14-11-6-7-15(3)9-11/h4-5,8,10-11,13-14H,6-7,9H2,1-3H3. The Morgan fingerprint density at radius 2 is 2.31 bits per heavy atom. The van der Waals surface area contributed by atoms with Crippen LogP contribution < -0.4 is 5.32 Å². The lowest BCUT2D eigenvalue weighted by atomic mass is 10.0. The molecular formula is C13H22N2S. The van der Waals surface area contributed by atoms with E-state index in [1.807, 2.05) is 11.3 Å². The van der Waals surface area contributed by atoms with Gasteiger partial charge in [0.05, 0.1) is 0 Å². The summed E-state index contributed by atoms with van der Waals surface area (Å²) >= 11 is 1.87. The molecule has 16 heavy (non-hydrogen) atoms. The summed E-state index contributed by atoms with van der Waals surface area (Å²) in [5.41, 5.74) is 0. The van der Waals surface area contributed by atoms with Crippen LogP contribution in [0.4, 0.5) is 0 Å². The van der Waals surface area contributed by atoms with Crippen LogP contribution in [-0.4, -0.2) is 31.1 Å². The van der Waals surface area contributed by atoms with Crippen LogP contribution in [0.25, 0.3) is 0 Å². The number of nitrogens with one attached hydrogen (secondary N) is 1. The molecule has 1 aliphatic heterocycles. The third-order valence-corrected chi connectivity index (χ3v) is 4.28. The summed E-state index contributed by atoms with van der Waals surface area (Å²) in [4.78, 5) is 3.88. The molecule has 0 aromatic carbocycles. The molecule has 2 unspecified atom stereocenters. The smallest absolute Gasteiger partial charge is 0.0440 e. The predicted octanol–water partition coefficient (Wildman–Crippen LogP) is 2.74. The van der Waals surface area contributed by atoms with Gasteiger partial charge in [0.25, 0.3) is 0 Å². The lowest BCUT2D eigenvalue weighted by Crippen LogP contribution is -2.36. The fourth-order valence-electron chi connectivity index (χ4n) is 2.40. The van der Waals surface area contributed by atoms with Crippen molar-refractivity contribution in [3.05, 3.63) is 22.4 Å². The lowest BCUT2D eigenvalue weighted by Gasteiger charge is -2.25. The van der Waals surface area contributed by atoms with Crippen molar-refractivity contribution in [2.45, 2.75) is 32.4 Å². The molecule has 1 aliphatic rings. The average molecular weight is 238 g/mol. The Kier molecular flexibility index (Phi) is 4.00. The molecule has 1 saturated heterocycles. The highest BCUT2D eigenvalue weighted by molar-refractivity contribution is 7.10. The van der Waals surface area contributed by atoms with Gasteiger partial charge in [0, 0.05) is 23.5 Å². The van der Waals surface area contributed by atoms with Crippen LogP contribution in [0.1, 0.15) is 31.2 Å². The number of rotatable bonds is 4. The minimum Gasteiger partial charge on any atom is -0.305 e. The largest absolute Gasteiger partial charge is 0.305 e. The Labute approximate surface area is 103 Å². The lowest BCUT2D eigenvalue weighted by molar-refractivity contribution is 0.347. The minimum atomic E-state index is 0.525. The highest BCUT2D eigenvalue weighted by Crippen LogP contribution is 2.27. The summed E-state index contributed by atoms with van der Waals surface area (Å²) in [6, 6.07) is 5.59. The summed E-state index contributed by atoms with van der Waals surface area (Å²) in [5.74, 6) is 0.657. The van der Waals surface area contributed by atoms with E-state index in [0.29, 0.717) is 18.0 Å². The Hall–Kier alpha value is -0.380. The van der Waals surface area contributed by atoms with Crippen LogP contribution in [0.3, 0.4) is 0 Å². The van der Waals surface area contributed by atoms with Crippen LogP contribution >= 0.6 is 11.3 Å². The van der Waals surface area contributed by atoms with Crippen LogP contribution in [0.15, 0.2) is 17.5 Å². The first-order valence-electron chi connectivity index (χ1n) is 6.15. The van der Waals surface area contributed by atoms with Crippen molar-refractivity contribution in [2.75, 3.05) is 20.1 Å². The van der Waals surface area contributed by atoms with E-state index in [4.69, 9.17) is 0 Å². The van der Waals surface area contributed by atoms with Gasteiger partial charge >= 0.3 is 0 Å². The fourth-order valence-corrected chi connectivity index (χ4v) is 3.35. The molecule has 2 nitrogen and oxygen atoms in total. The SMILES string of the molecule is CC(C)C(NC1CCN(C)C1)c1cccs1. The first-order valence-corrected chi connectivity index (χ1v) is 7.03. The molecule has 1 fully saturated rings. The third kappa shape index (κ3) is 2.84. The zero-order valence-corrected chi connectivity index (χ0v) is 11.3. The molecule has 0 radical (unpaired) electrons. The normalized spacial score (nSPS) is 24.1. The summed E-state index contributed by atoms with van der Waals surface area (Å²) in [6.45, 7) is 7.02. The molecule has 2 heterocycles. The molecular weight excluding hydrogens is 216 g/mol. The summed E-state index contributed by atoms with van der Waals surface area (Å²) in [6.07, 6.45) is 1.28. The van der Waals surface area contributed by atoms with Crippen molar-refractivity contribution in [3.63, 3.8) is 0 Å². The number of likely N-dealkylation sites (tertiary alicyclic amines) is 1. The predicted molar refractivity (Wildman–Crippen MR) is 70.9 cm³/mol. The maximum absolute atomic E-state index is 3.82. The highest BCUT2D eigenvalue weighted by Gasteiger charge is 2.25. The zero-order valence-electron chi connectivity index (χ0n) is 10.4. The van der Waals surface area contributed by atoms with Crippen molar-refractivity contribution in [1.29, 1.82) is 0 Å². The van der Waals surface area contributed by atoms with E-state index < -0.39 is 0 Å². The molecule has 2 atom stereocenters. The van der Waals surface area contributed by atoms with Gasteiger partial charge in [-0.05, 0) is 37.4 Å². The van der Waals surface area contributed by atoms with E-state index in [9.17, 15) is 0 Å². The average Bonchev–Trinajstić information content (AvgIpc) is 2.84. The quantitative estimate of drug-likeness (QED) is 0.867. The van der Waals surface area contributed by atoms with Crippen LogP contribution in [0.5, 0.6) is 0 Å². The van der Waals surface area contributed by atoms with Gasteiger partial charge in [-0.15, -0.1) is 11.3 Å². The monoisotopic (exact) mass is 238 g/mol. The molecule has 1 aromatic rings. The van der Waals surface area contributed by atoms with Crippen molar-refractivity contribution in [1.82, 2.24) is 10.2 Å². The Bertz CT molecular complexity index is 308. The van der Waals surface area contributed by atoms with Gasteiger partial charge in [0.1, 0.15) is 0 Å². The topological polar surface area (TPSA) is 15.3 Å². The first kappa shape index (κ1) is 12.1. The van der Waals surface area contributed by atoms with Crippen molar-refractivity contribution in [3.8, 4) is 0 Å². The molecule has 0 amide bonds. The molecule has 0 spiro atoms. The van der Waals surface area contributed by atoms with Crippen LogP contribution in [0.2, 0.25) is 0 Å². The maximum atomic E-state index is 3.82. The van der Waals surface area contributed by atoms with E-state index in [-0.39, 0.29) is 0 Å².